The Hall–Kier alpha value is -2.94. The van der Waals surface area contributed by atoms with E-state index in [2.05, 4.69) is 20.4 Å². The van der Waals surface area contributed by atoms with Crippen LogP contribution in [0.1, 0.15) is 16.2 Å². The van der Waals surface area contributed by atoms with Gasteiger partial charge in [0.05, 0.1) is 26.0 Å². The van der Waals surface area contributed by atoms with Gasteiger partial charge >= 0.3 is 0 Å². The van der Waals surface area contributed by atoms with Crippen molar-refractivity contribution in [3.63, 3.8) is 0 Å². The third kappa shape index (κ3) is 2.69. The average molecular weight is 329 g/mol. The zero-order valence-electron chi connectivity index (χ0n) is 12.8. The molecule has 0 aromatic carbocycles. The monoisotopic (exact) mass is 329 g/mol. The first-order valence-electron chi connectivity index (χ1n) is 7.56. The highest BCUT2D eigenvalue weighted by Crippen LogP contribution is 2.27. The van der Waals surface area contributed by atoms with Crippen LogP contribution in [0.2, 0.25) is 0 Å². The van der Waals surface area contributed by atoms with Crippen molar-refractivity contribution in [3.05, 3.63) is 36.2 Å². The van der Waals surface area contributed by atoms with Gasteiger partial charge in [0.1, 0.15) is 23.3 Å². The number of carbonyl (C=O) groups is 1. The molecule has 4 rings (SSSR count). The summed E-state index contributed by atoms with van der Waals surface area (Å²) in [6.45, 7) is 2.85. The summed E-state index contributed by atoms with van der Waals surface area (Å²) in [4.78, 5) is 22.9. The number of ether oxygens (including phenoxy) is 1. The van der Waals surface area contributed by atoms with Crippen LogP contribution in [0.5, 0.6) is 0 Å². The molecule has 0 aliphatic carbocycles. The molecule has 3 aromatic heterocycles. The summed E-state index contributed by atoms with van der Waals surface area (Å²) in [5, 5.41) is 7.14. The number of morpholine rings is 1. The topological polar surface area (TPSA) is 107 Å². The predicted octanol–water partition coefficient (Wildman–Crippen LogP) is 0.977. The molecule has 1 fully saturated rings. The van der Waals surface area contributed by atoms with Gasteiger partial charge in [-0.1, -0.05) is 5.16 Å². The molecule has 124 valence electrons. The van der Waals surface area contributed by atoms with Crippen LogP contribution in [-0.2, 0) is 11.3 Å². The molecule has 0 saturated carbocycles. The molecule has 1 aliphatic rings. The lowest BCUT2D eigenvalue weighted by atomic mass is 10.2. The summed E-state index contributed by atoms with van der Waals surface area (Å²) in [5.41, 5.74) is 0.452. The minimum atomic E-state index is -0.366. The van der Waals surface area contributed by atoms with E-state index in [1.165, 1.54) is 6.33 Å². The van der Waals surface area contributed by atoms with E-state index in [1.807, 2.05) is 4.90 Å². The number of rotatable bonds is 4. The Bertz CT molecular complexity index is 839. The first-order valence-corrected chi connectivity index (χ1v) is 7.56. The minimum absolute atomic E-state index is 0.165. The van der Waals surface area contributed by atoms with Gasteiger partial charge in [0.2, 0.25) is 0 Å². The fourth-order valence-corrected chi connectivity index (χ4v) is 2.61. The van der Waals surface area contributed by atoms with Gasteiger partial charge in [-0.25, -0.2) is 4.98 Å². The van der Waals surface area contributed by atoms with Crippen LogP contribution in [0.15, 0.2) is 33.7 Å². The number of nitrogens with zero attached hydrogens (tertiary/aromatic N) is 4. The molecule has 1 aliphatic heterocycles. The molecule has 0 unspecified atom stereocenters. The van der Waals surface area contributed by atoms with E-state index < -0.39 is 0 Å². The quantitative estimate of drug-likeness (QED) is 0.755. The van der Waals surface area contributed by atoms with Gasteiger partial charge in [-0.05, 0) is 12.1 Å². The number of fused-ring (bicyclic) bond motifs is 1. The fraction of sp³-hybridized carbons (Fsp3) is 0.333. The summed E-state index contributed by atoms with van der Waals surface area (Å²) in [7, 11) is 0. The minimum Gasteiger partial charge on any atom is -0.467 e. The van der Waals surface area contributed by atoms with Crippen molar-refractivity contribution in [3.8, 4) is 0 Å². The molecule has 1 saturated heterocycles. The van der Waals surface area contributed by atoms with E-state index in [0.717, 1.165) is 0 Å². The number of nitrogens with one attached hydrogen (secondary N) is 1. The van der Waals surface area contributed by atoms with Gasteiger partial charge in [0.25, 0.3) is 11.6 Å². The maximum atomic E-state index is 12.5. The predicted molar refractivity (Wildman–Crippen MR) is 82.5 cm³/mol. The highest BCUT2D eigenvalue weighted by atomic mass is 16.5. The van der Waals surface area contributed by atoms with Crippen molar-refractivity contribution in [2.75, 3.05) is 31.2 Å². The third-order valence-electron chi connectivity index (χ3n) is 3.78. The molecule has 1 amide bonds. The second kappa shape index (κ2) is 6.28. The number of hydrogen-bond donors (Lipinski definition) is 1. The van der Waals surface area contributed by atoms with E-state index in [4.69, 9.17) is 13.7 Å². The number of amides is 1. The molecule has 9 heteroatoms. The molecule has 0 bridgehead atoms. The molecule has 9 nitrogen and oxygen atoms in total. The molecule has 0 radical (unpaired) electrons. The smallest absolute Gasteiger partial charge is 0.274 e. The maximum absolute atomic E-state index is 12.5. The molecule has 4 heterocycles. The number of furan rings is 1. The van der Waals surface area contributed by atoms with E-state index in [1.54, 1.807) is 18.4 Å². The number of hydrogen-bond acceptors (Lipinski definition) is 8. The number of aromatic nitrogens is 3. The van der Waals surface area contributed by atoms with Crippen LogP contribution in [0.25, 0.3) is 11.1 Å². The van der Waals surface area contributed by atoms with Crippen molar-refractivity contribution in [2.45, 2.75) is 6.54 Å². The fourth-order valence-electron chi connectivity index (χ4n) is 2.61. The van der Waals surface area contributed by atoms with Gasteiger partial charge in [-0.2, -0.15) is 4.98 Å². The molecule has 0 spiro atoms. The van der Waals surface area contributed by atoms with E-state index >= 15 is 0 Å². The second-order valence-corrected chi connectivity index (χ2v) is 5.27. The lowest BCUT2D eigenvalue weighted by Gasteiger charge is -2.27. The first kappa shape index (κ1) is 14.6. The molecule has 24 heavy (non-hydrogen) atoms. The van der Waals surface area contributed by atoms with Crippen LogP contribution in [-0.4, -0.2) is 47.3 Å². The number of carbonyl (C=O) groups excluding carboxylic acids is 1. The summed E-state index contributed by atoms with van der Waals surface area (Å²) in [6, 6.07) is 3.54. The standard InChI is InChI=1S/C15H15N5O4/c21-14(16-8-10-2-1-5-23-10)12-11-13(20-3-6-22-7-4-20)17-9-18-15(11)24-19-12/h1-2,5,9H,3-4,6-8H2,(H,16,21). The third-order valence-corrected chi connectivity index (χ3v) is 3.78. The van der Waals surface area contributed by atoms with Crippen molar-refractivity contribution >= 4 is 22.8 Å². The van der Waals surface area contributed by atoms with E-state index in [9.17, 15) is 4.79 Å². The van der Waals surface area contributed by atoms with Gasteiger partial charge in [-0.15, -0.1) is 0 Å². The lowest BCUT2D eigenvalue weighted by Crippen LogP contribution is -2.37. The average Bonchev–Trinajstić information content (AvgIpc) is 3.30. The lowest BCUT2D eigenvalue weighted by molar-refractivity contribution is 0.0940. The van der Waals surface area contributed by atoms with Gasteiger partial charge in [-0.3, -0.25) is 4.79 Å². The van der Waals surface area contributed by atoms with Crippen LogP contribution in [0, 0.1) is 0 Å². The zero-order chi connectivity index (χ0) is 16.4. The molecule has 1 N–H and O–H groups in total. The van der Waals surface area contributed by atoms with E-state index in [0.29, 0.717) is 43.3 Å². The second-order valence-electron chi connectivity index (χ2n) is 5.27. The highest BCUT2D eigenvalue weighted by molar-refractivity contribution is 6.07. The normalized spacial score (nSPS) is 14.9. The Morgan fingerprint density at radius 1 is 1.29 bits per heavy atom. The van der Waals surface area contributed by atoms with Crippen molar-refractivity contribution < 1.29 is 18.5 Å². The van der Waals surface area contributed by atoms with Crippen LogP contribution in [0.4, 0.5) is 5.82 Å². The summed E-state index contributed by atoms with van der Waals surface area (Å²) in [5.74, 6) is 0.919. The Morgan fingerprint density at radius 2 is 2.17 bits per heavy atom. The van der Waals surface area contributed by atoms with Gasteiger partial charge in [0, 0.05) is 13.1 Å². The van der Waals surface area contributed by atoms with Crippen molar-refractivity contribution in [1.29, 1.82) is 0 Å². The molecular formula is C15H15N5O4. The first-order chi connectivity index (χ1) is 11.8. The Labute approximate surface area is 136 Å². The molecule has 0 atom stereocenters. The largest absolute Gasteiger partial charge is 0.467 e. The number of anilines is 1. The van der Waals surface area contributed by atoms with Crippen LogP contribution in [0.3, 0.4) is 0 Å². The summed E-state index contributed by atoms with van der Waals surface area (Å²) in [6.07, 6.45) is 2.96. The zero-order valence-corrected chi connectivity index (χ0v) is 12.8. The molecule has 3 aromatic rings. The highest BCUT2D eigenvalue weighted by Gasteiger charge is 2.24. The van der Waals surface area contributed by atoms with E-state index in [-0.39, 0.29) is 23.9 Å². The maximum Gasteiger partial charge on any atom is 0.274 e. The van der Waals surface area contributed by atoms with Gasteiger partial charge in [0.15, 0.2) is 5.69 Å². The molecular weight excluding hydrogens is 314 g/mol. The van der Waals surface area contributed by atoms with Gasteiger partial charge < -0.3 is 23.9 Å². The van der Waals surface area contributed by atoms with Crippen LogP contribution >= 0.6 is 0 Å². The Balaban J connectivity index is 1.64. The summed E-state index contributed by atoms with van der Waals surface area (Å²) < 4.78 is 15.8. The van der Waals surface area contributed by atoms with Crippen molar-refractivity contribution in [2.24, 2.45) is 0 Å². The van der Waals surface area contributed by atoms with Crippen LogP contribution < -0.4 is 10.2 Å². The Kier molecular flexibility index (Phi) is 3.83. The Morgan fingerprint density at radius 3 is 2.96 bits per heavy atom. The SMILES string of the molecule is O=C(NCc1ccco1)c1noc2ncnc(N3CCOCC3)c12. The van der Waals surface area contributed by atoms with Crippen molar-refractivity contribution in [1.82, 2.24) is 20.4 Å². The summed E-state index contributed by atoms with van der Waals surface area (Å²) >= 11 is 0.